The number of Topliss-reactive ketones (excluding diaryl/α,β-unsaturated/α-hetero) is 2. The van der Waals surface area contributed by atoms with E-state index in [4.69, 9.17) is 0 Å². The van der Waals surface area contributed by atoms with Crippen molar-refractivity contribution >= 4 is 11.6 Å². The minimum absolute atomic E-state index is 0.0220. The van der Waals surface area contributed by atoms with Gasteiger partial charge in [-0.05, 0) is 26.2 Å². The van der Waals surface area contributed by atoms with Crippen LogP contribution in [0, 0.1) is 5.41 Å². The molecule has 2 aliphatic carbocycles. The van der Waals surface area contributed by atoms with Crippen molar-refractivity contribution in [3.63, 3.8) is 0 Å². The first-order valence-corrected chi connectivity index (χ1v) is 6.04. The van der Waals surface area contributed by atoms with Crippen molar-refractivity contribution in [1.29, 1.82) is 0 Å². The maximum atomic E-state index is 12.5. The Hall–Kier alpha value is -1.70. The van der Waals surface area contributed by atoms with Gasteiger partial charge < -0.3 is 0 Å². The van der Waals surface area contributed by atoms with Crippen LogP contribution in [0.5, 0.6) is 0 Å². The van der Waals surface area contributed by atoms with Crippen molar-refractivity contribution in [3.05, 3.63) is 47.0 Å². The molecule has 0 bridgehead atoms. The molecule has 0 amide bonds. The van der Waals surface area contributed by atoms with Gasteiger partial charge in [-0.1, -0.05) is 35.9 Å². The summed E-state index contributed by atoms with van der Waals surface area (Å²) in [5, 5.41) is 0. The largest absolute Gasteiger partial charge is 0.293 e. The molecule has 2 heteroatoms. The lowest BCUT2D eigenvalue weighted by atomic mass is 9.77. The standard InChI is InChI=1S/C15H14O2/c1-15(10-6-2-3-7-10)13(16)11-8-4-5-9-12(11)14(15)17/h4-6,8-9H,2-3,7H2,1H3. The molecule has 86 valence electrons. The smallest absolute Gasteiger partial charge is 0.181 e. The van der Waals surface area contributed by atoms with Gasteiger partial charge in [-0.3, -0.25) is 9.59 Å². The van der Waals surface area contributed by atoms with E-state index in [1.165, 1.54) is 0 Å². The topological polar surface area (TPSA) is 34.1 Å². The molecule has 3 rings (SSSR count). The van der Waals surface area contributed by atoms with Gasteiger partial charge in [-0.15, -0.1) is 0 Å². The summed E-state index contributed by atoms with van der Waals surface area (Å²) in [6, 6.07) is 7.16. The summed E-state index contributed by atoms with van der Waals surface area (Å²) in [7, 11) is 0. The molecule has 17 heavy (non-hydrogen) atoms. The van der Waals surface area contributed by atoms with E-state index in [0.29, 0.717) is 11.1 Å². The van der Waals surface area contributed by atoms with Crippen molar-refractivity contribution in [1.82, 2.24) is 0 Å². The van der Waals surface area contributed by atoms with Crippen LogP contribution in [0.15, 0.2) is 35.9 Å². The van der Waals surface area contributed by atoms with E-state index in [2.05, 4.69) is 6.08 Å². The van der Waals surface area contributed by atoms with Gasteiger partial charge in [0.25, 0.3) is 0 Å². The molecule has 0 N–H and O–H groups in total. The second-order valence-corrected chi connectivity index (χ2v) is 4.95. The number of allylic oxidation sites excluding steroid dienone is 2. The SMILES string of the molecule is CC1(C2=CCCC2)C(=O)c2ccccc2C1=O. The molecule has 0 radical (unpaired) electrons. The van der Waals surface area contributed by atoms with E-state index in [9.17, 15) is 9.59 Å². The van der Waals surface area contributed by atoms with Crippen LogP contribution in [-0.2, 0) is 0 Å². The van der Waals surface area contributed by atoms with Crippen LogP contribution in [0.1, 0.15) is 46.9 Å². The molecule has 0 saturated carbocycles. The fourth-order valence-electron chi connectivity index (χ4n) is 2.94. The normalized spacial score (nSPS) is 21.6. The Morgan fingerprint density at radius 2 is 1.65 bits per heavy atom. The number of benzene rings is 1. The predicted octanol–water partition coefficient (Wildman–Crippen LogP) is 3.18. The third-order valence-electron chi connectivity index (χ3n) is 4.01. The summed E-state index contributed by atoms with van der Waals surface area (Å²) in [5.41, 5.74) is 1.28. The molecule has 0 aliphatic heterocycles. The van der Waals surface area contributed by atoms with Gasteiger partial charge in [-0.2, -0.15) is 0 Å². The number of fused-ring (bicyclic) bond motifs is 1. The highest BCUT2D eigenvalue weighted by atomic mass is 16.2. The Morgan fingerprint density at radius 1 is 1.06 bits per heavy atom. The van der Waals surface area contributed by atoms with E-state index >= 15 is 0 Å². The summed E-state index contributed by atoms with van der Waals surface area (Å²) in [5.74, 6) is -0.0440. The highest BCUT2D eigenvalue weighted by Crippen LogP contribution is 2.45. The number of carbonyl (C=O) groups is 2. The first-order chi connectivity index (χ1) is 8.15. The summed E-state index contributed by atoms with van der Waals surface area (Å²) in [4.78, 5) is 24.9. The van der Waals surface area contributed by atoms with Crippen LogP contribution in [0.3, 0.4) is 0 Å². The number of hydrogen-bond acceptors (Lipinski definition) is 2. The second-order valence-electron chi connectivity index (χ2n) is 4.95. The molecular formula is C15H14O2. The summed E-state index contributed by atoms with van der Waals surface area (Å²) in [6.07, 6.45) is 4.99. The van der Waals surface area contributed by atoms with Crippen molar-refractivity contribution < 1.29 is 9.59 Å². The first-order valence-electron chi connectivity index (χ1n) is 6.04. The fourth-order valence-corrected chi connectivity index (χ4v) is 2.94. The summed E-state index contributed by atoms with van der Waals surface area (Å²) < 4.78 is 0. The van der Waals surface area contributed by atoms with Gasteiger partial charge in [0.1, 0.15) is 5.41 Å². The Kier molecular flexibility index (Phi) is 2.09. The minimum atomic E-state index is -0.916. The molecular weight excluding hydrogens is 212 g/mol. The molecule has 2 nitrogen and oxygen atoms in total. The van der Waals surface area contributed by atoms with E-state index in [0.717, 1.165) is 24.8 Å². The van der Waals surface area contributed by atoms with E-state index in [1.807, 2.05) is 12.1 Å². The van der Waals surface area contributed by atoms with Gasteiger partial charge in [0.15, 0.2) is 11.6 Å². The molecule has 0 saturated heterocycles. The average molecular weight is 226 g/mol. The second kappa shape index (κ2) is 3.39. The maximum absolute atomic E-state index is 12.5. The van der Waals surface area contributed by atoms with Gasteiger partial charge in [0, 0.05) is 11.1 Å². The third-order valence-corrected chi connectivity index (χ3v) is 4.01. The lowest BCUT2D eigenvalue weighted by Gasteiger charge is -2.22. The van der Waals surface area contributed by atoms with Gasteiger partial charge >= 0.3 is 0 Å². The van der Waals surface area contributed by atoms with E-state index < -0.39 is 5.41 Å². The molecule has 1 aromatic carbocycles. The van der Waals surface area contributed by atoms with Gasteiger partial charge in [0.2, 0.25) is 0 Å². The highest BCUT2D eigenvalue weighted by molar-refractivity contribution is 6.31. The number of carbonyl (C=O) groups excluding carboxylic acids is 2. The zero-order valence-corrected chi connectivity index (χ0v) is 9.82. The molecule has 0 atom stereocenters. The van der Waals surface area contributed by atoms with Crippen LogP contribution in [0.2, 0.25) is 0 Å². The van der Waals surface area contributed by atoms with Gasteiger partial charge in [-0.25, -0.2) is 0 Å². The quantitative estimate of drug-likeness (QED) is 0.544. The molecule has 0 fully saturated rings. The Bertz CT molecular complexity index is 517. The molecule has 0 aromatic heterocycles. The van der Waals surface area contributed by atoms with Crippen LogP contribution in [0.25, 0.3) is 0 Å². The maximum Gasteiger partial charge on any atom is 0.181 e. The van der Waals surface area contributed by atoms with Crippen molar-refractivity contribution in [2.75, 3.05) is 0 Å². The molecule has 0 unspecified atom stereocenters. The number of ketones is 2. The van der Waals surface area contributed by atoms with Gasteiger partial charge in [0.05, 0.1) is 0 Å². The zero-order valence-electron chi connectivity index (χ0n) is 9.82. The Morgan fingerprint density at radius 3 is 2.12 bits per heavy atom. The number of rotatable bonds is 1. The average Bonchev–Trinajstić information content (AvgIpc) is 2.95. The molecule has 0 heterocycles. The lowest BCUT2D eigenvalue weighted by molar-refractivity contribution is 0.0765. The third kappa shape index (κ3) is 1.21. The Labute approximate surface area is 100 Å². The fraction of sp³-hybridized carbons (Fsp3) is 0.333. The Balaban J connectivity index is 2.17. The number of hydrogen-bond donors (Lipinski definition) is 0. The summed E-state index contributed by atoms with van der Waals surface area (Å²) in [6.45, 7) is 1.79. The van der Waals surface area contributed by atoms with Crippen LogP contribution >= 0.6 is 0 Å². The van der Waals surface area contributed by atoms with Crippen molar-refractivity contribution in [2.45, 2.75) is 26.2 Å². The van der Waals surface area contributed by atoms with Crippen molar-refractivity contribution in [2.24, 2.45) is 5.41 Å². The zero-order chi connectivity index (χ0) is 12.0. The van der Waals surface area contributed by atoms with E-state index in [1.54, 1.807) is 19.1 Å². The highest BCUT2D eigenvalue weighted by Gasteiger charge is 2.51. The first kappa shape index (κ1) is 10.5. The monoisotopic (exact) mass is 226 g/mol. The molecule has 1 aromatic rings. The lowest BCUT2D eigenvalue weighted by Crippen LogP contribution is -2.31. The molecule has 2 aliphatic rings. The predicted molar refractivity (Wildman–Crippen MR) is 65.1 cm³/mol. The van der Waals surface area contributed by atoms with Crippen LogP contribution in [0.4, 0.5) is 0 Å². The minimum Gasteiger partial charge on any atom is -0.293 e. The van der Waals surface area contributed by atoms with Crippen LogP contribution in [-0.4, -0.2) is 11.6 Å². The van der Waals surface area contributed by atoms with Crippen molar-refractivity contribution in [3.8, 4) is 0 Å². The molecule has 0 spiro atoms. The summed E-state index contributed by atoms with van der Waals surface area (Å²) >= 11 is 0. The van der Waals surface area contributed by atoms with Crippen LogP contribution < -0.4 is 0 Å². The van der Waals surface area contributed by atoms with E-state index in [-0.39, 0.29) is 11.6 Å².